The summed E-state index contributed by atoms with van der Waals surface area (Å²) in [6.45, 7) is 1.65. The van der Waals surface area contributed by atoms with E-state index in [-0.39, 0.29) is 24.7 Å². The number of fused-ring (bicyclic) bond motifs is 1. The van der Waals surface area contributed by atoms with Crippen molar-refractivity contribution in [3.8, 4) is 5.75 Å². The predicted molar refractivity (Wildman–Crippen MR) is 100 cm³/mol. The van der Waals surface area contributed by atoms with Crippen LogP contribution in [0.25, 0.3) is 11.0 Å². The largest absolute Gasteiger partial charge is 0.508 e. The van der Waals surface area contributed by atoms with E-state index in [9.17, 15) is 14.7 Å². The Morgan fingerprint density at radius 2 is 1.96 bits per heavy atom. The van der Waals surface area contributed by atoms with E-state index in [0.29, 0.717) is 27.8 Å². The van der Waals surface area contributed by atoms with Gasteiger partial charge in [0.1, 0.15) is 17.9 Å². The number of phenols is 1. The fourth-order valence-corrected chi connectivity index (χ4v) is 3.39. The molecule has 26 heavy (non-hydrogen) atoms. The Morgan fingerprint density at radius 1 is 1.19 bits per heavy atom. The number of rotatable bonds is 6. The first-order chi connectivity index (χ1) is 12.5. The van der Waals surface area contributed by atoms with Crippen LogP contribution in [0.5, 0.6) is 5.75 Å². The van der Waals surface area contributed by atoms with Crippen LogP contribution < -0.4 is 5.63 Å². The second kappa shape index (κ2) is 8.10. The molecule has 0 aliphatic rings. The first-order valence-electron chi connectivity index (χ1n) is 8.13. The van der Waals surface area contributed by atoms with Gasteiger partial charge in [0.05, 0.1) is 6.42 Å². The first-order valence-corrected chi connectivity index (χ1v) is 9.12. The lowest BCUT2D eigenvalue weighted by Gasteiger charge is -2.09. The number of thioether (sulfide) groups is 1. The molecule has 0 atom stereocenters. The van der Waals surface area contributed by atoms with Gasteiger partial charge in [0.15, 0.2) is 0 Å². The fourth-order valence-electron chi connectivity index (χ4n) is 2.53. The summed E-state index contributed by atoms with van der Waals surface area (Å²) in [6.07, 6.45) is 0.277. The first kappa shape index (κ1) is 18.1. The lowest BCUT2D eigenvalue weighted by Crippen LogP contribution is -2.08. The molecule has 5 nitrogen and oxygen atoms in total. The number of carbonyl (C=O) groups excluding carboxylic acids is 1. The van der Waals surface area contributed by atoms with Crippen molar-refractivity contribution >= 4 is 28.7 Å². The Bertz CT molecular complexity index is 979. The van der Waals surface area contributed by atoms with Gasteiger partial charge < -0.3 is 14.3 Å². The van der Waals surface area contributed by atoms with E-state index in [2.05, 4.69) is 0 Å². The zero-order chi connectivity index (χ0) is 18.5. The second-order valence-corrected chi connectivity index (χ2v) is 6.92. The highest BCUT2D eigenvalue weighted by Gasteiger charge is 2.12. The lowest BCUT2D eigenvalue weighted by molar-refractivity contribution is -0.144. The number of ether oxygens (including phenoxy) is 1. The van der Waals surface area contributed by atoms with Crippen molar-refractivity contribution in [2.75, 3.05) is 5.75 Å². The van der Waals surface area contributed by atoms with E-state index in [1.807, 2.05) is 30.3 Å². The summed E-state index contributed by atoms with van der Waals surface area (Å²) in [6, 6.07) is 14.3. The normalized spacial score (nSPS) is 10.8. The Hall–Kier alpha value is -2.73. The number of carbonyl (C=O) groups is 1. The molecule has 1 N–H and O–H groups in total. The maximum atomic E-state index is 12.0. The summed E-state index contributed by atoms with van der Waals surface area (Å²) in [5, 5.41) is 10.4. The van der Waals surface area contributed by atoms with Crippen molar-refractivity contribution < 1.29 is 19.1 Å². The summed E-state index contributed by atoms with van der Waals surface area (Å²) >= 11 is 1.59. The molecule has 0 amide bonds. The molecule has 134 valence electrons. The number of benzene rings is 2. The van der Waals surface area contributed by atoms with E-state index < -0.39 is 5.63 Å². The quantitative estimate of drug-likeness (QED) is 0.401. The molecule has 0 aliphatic carbocycles. The molecule has 0 fully saturated rings. The van der Waals surface area contributed by atoms with Crippen molar-refractivity contribution in [3.63, 3.8) is 0 Å². The van der Waals surface area contributed by atoms with Crippen LogP contribution in [0.4, 0.5) is 0 Å². The minimum absolute atomic E-state index is 0.0127. The maximum Gasteiger partial charge on any atom is 0.336 e. The number of phenolic OH excluding ortho intramolecular Hbond substituents is 1. The molecule has 0 spiro atoms. The molecule has 1 heterocycles. The third-order valence-corrected chi connectivity index (χ3v) is 4.94. The van der Waals surface area contributed by atoms with E-state index in [4.69, 9.17) is 9.15 Å². The summed E-state index contributed by atoms with van der Waals surface area (Å²) in [5.41, 5.74) is 0.801. The highest BCUT2D eigenvalue weighted by Crippen LogP contribution is 2.27. The highest BCUT2D eigenvalue weighted by molar-refractivity contribution is 7.99. The molecule has 0 unspecified atom stereocenters. The van der Waals surface area contributed by atoms with Gasteiger partial charge in [0.2, 0.25) is 0 Å². The minimum atomic E-state index is -0.545. The number of aromatic hydroxyl groups is 1. The van der Waals surface area contributed by atoms with Gasteiger partial charge in [-0.15, -0.1) is 11.8 Å². The van der Waals surface area contributed by atoms with Crippen LogP contribution in [-0.4, -0.2) is 16.8 Å². The molecule has 0 aliphatic heterocycles. The van der Waals surface area contributed by atoms with Crippen molar-refractivity contribution in [3.05, 3.63) is 70.1 Å². The van der Waals surface area contributed by atoms with E-state index in [1.54, 1.807) is 24.8 Å². The highest BCUT2D eigenvalue weighted by atomic mass is 32.2. The summed E-state index contributed by atoms with van der Waals surface area (Å²) in [7, 11) is 0. The van der Waals surface area contributed by atoms with E-state index >= 15 is 0 Å². The number of hydrogen-bond acceptors (Lipinski definition) is 6. The van der Waals surface area contributed by atoms with Gasteiger partial charge in [-0.3, -0.25) is 4.79 Å². The zero-order valence-corrected chi connectivity index (χ0v) is 15.0. The third kappa shape index (κ3) is 4.26. The smallest absolute Gasteiger partial charge is 0.336 e. The molecule has 0 bridgehead atoms. The van der Waals surface area contributed by atoms with E-state index in [1.165, 1.54) is 12.1 Å². The molecular weight excluding hydrogens is 352 g/mol. The zero-order valence-electron chi connectivity index (χ0n) is 14.2. The number of esters is 1. The van der Waals surface area contributed by atoms with Crippen LogP contribution in [0, 0.1) is 6.92 Å². The third-order valence-electron chi connectivity index (χ3n) is 3.92. The van der Waals surface area contributed by atoms with Crippen molar-refractivity contribution in [2.24, 2.45) is 0 Å². The molecule has 0 radical (unpaired) electrons. The Kier molecular flexibility index (Phi) is 5.63. The predicted octanol–water partition coefficient (Wildman–Crippen LogP) is 4.03. The molecule has 0 saturated heterocycles. The van der Waals surface area contributed by atoms with Gasteiger partial charge in [-0.05, 0) is 31.2 Å². The summed E-state index contributed by atoms with van der Waals surface area (Å²) in [5.74, 6) is 0.339. The Morgan fingerprint density at radius 3 is 2.73 bits per heavy atom. The monoisotopic (exact) mass is 370 g/mol. The minimum Gasteiger partial charge on any atom is -0.508 e. The van der Waals surface area contributed by atoms with E-state index in [0.717, 1.165) is 4.90 Å². The molecule has 3 aromatic rings. The lowest BCUT2D eigenvalue weighted by atomic mass is 10.1. The SMILES string of the molecule is Cc1c(O)ccc2c(COC(=O)CCSc3ccccc3)cc(=O)oc12. The molecular formula is C20H18O5S. The van der Waals surface area contributed by atoms with Gasteiger partial charge in [-0.25, -0.2) is 4.79 Å². The van der Waals surface area contributed by atoms with Gasteiger partial charge in [0.25, 0.3) is 0 Å². The molecule has 6 heteroatoms. The fraction of sp³-hybridized carbons (Fsp3) is 0.200. The van der Waals surface area contributed by atoms with Crippen LogP contribution in [0.1, 0.15) is 17.5 Å². The topological polar surface area (TPSA) is 76.7 Å². The Labute approximate surface area is 154 Å². The average Bonchev–Trinajstić information content (AvgIpc) is 2.64. The molecule has 2 aromatic carbocycles. The van der Waals surface area contributed by atoms with Crippen LogP contribution >= 0.6 is 11.8 Å². The summed E-state index contributed by atoms with van der Waals surface area (Å²) in [4.78, 5) is 24.8. The standard InChI is InChI=1S/C20H18O5S/c1-13-17(21)8-7-16-14(11-19(23)25-20(13)16)12-24-18(22)9-10-26-15-5-3-2-4-6-15/h2-8,11,21H,9-10,12H2,1H3. The van der Waals surface area contributed by atoms with Crippen molar-refractivity contribution in [2.45, 2.75) is 24.8 Å². The van der Waals surface area contributed by atoms with Gasteiger partial charge in [0, 0.05) is 33.2 Å². The van der Waals surface area contributed by atoms with Crippen LogP contribution in [0.3, 0.4) is 0 Å². The maximum absolute atomic E-state index is 12.0. The van der Waals surface area contributed by atoms with Crippen LogP contribution in [0.2, 0.25) is 0 Å². The molecule has 3 rings (SSSR count). The van der Waals surface area contributed by atoms with Gasteiger partial charge >= 0.3 is 11.6 Å². The van der Waals surface area contributed by atoms with Crippen molar-refractivity contribution in [1.29, 1.82) is 0 Å². The van der Waals surface area contributed by atoms with Gasteiger partial charge in [-0.1, -0.05) is 18.2 Å². The molecule has 1 aromatic heterocycles. The number of hydrogen-bond donors (Lipinski definition) is 1. The van der Waals surface area contributed by atoms with Gasteiger partial charge in [-0.2, -0.15) is 0 Å². The summed E-state index contributed by atoms with van der Waals surface area (Å²) < 4.78 is 10.5. The average molecular weight is 370 g/mol. The van der Waals surface area contributed by atoms with Crippen LogP contribution in [-0.2, 0) is 16.1 Å². The second-order valence-electron chi connectivity index (χ2n) is 5.75. The Balaban J connectivity index is 1.63. The van der Waals surface area contributed by atoms with Crippen LogP contribution in [0.15, 0.2) is 62.6 Å². The number of aryl methyl sites for hydroxylation is 1. The van der Waals surface area contributed by atoms with Crippen molar-refractivity contribution in [1.82, 2.24) is 0 Å². The molecule has 0 saturated carbocycles.